The number of anilines is 1. The highest BCUT2D eigenvalue weighted by molar-refractivity contribution is 5.96. The summed E-state index contributed by atoms with van der Waals surface area (Å²) in [5.41, 5.74) is 6.81. The van der Waals surface area contributed by atoms with Crippen molar-refractivity contribution in [3.05, 3.63) is 23.8 Å². The summed E-state index contributed by atoms with van der Waals surface area (Å²) in [6.07, 6.45) is 1.24. The summed E-state index contributed by atoms with van der Waals surface area (Å²) >= 11 is 0. The van der Waals surface area contributed by atoms with Crippen LogP contribution in [0.25, 0.3) is 0 Å². The van der Waals surface area contributed by atoms with Crippen LogP contribution in [-0.4, -0.2) is 45.4 Å². The lowest BCUT2D eigenvalue weighted by Gasteiger charge is -2.34. The van der Waals surface area contributed by atoms with E-state index in [1.54, 1.807) is 18.2 Å². The van der Waals surface area contributed by atoms with Crippen LogP contribution in [0, 0.1) is 12.3 Å². The van der Waals surface area contributed by atoms with Crippen molar-refractivity contribution in [2.45, 2.75) is 19.8 Å². The standard InChI is InChI=1S/C17H24N2O5.ClH/c1-12-9-13(24-10-15(20)22-2)3-4-14(12)19-16(21)17(11-18)5-7-23-8-6-17;/h3-4,9H,5-8,10-11,18H2,1-2H3,(H,19,21);1H. The molecule has 0 radical (unpaired) electrons. The molecular weight excluding hydrogens is 348 g/mol. The Kier molecular flexibility index (Phi) is 8.15. The van der Waals surface area contributed by atoms with E-state index in [-0.39, 0.29) is 24.9 Å². The van der Waals surface area contributed by atoms with Gasteiger partial charge in [-0.05, 0) is 43.5 Å². The molecule has 3 N–H and O–H groups in total. The van der Waals surface area contributed by atoms with Crippen LogP contribution in [0.5, 0.6) is 5.75 Å². The molecule has 1 heterocycles. The third-order valence-corrected chi connectivity index (χ3v) is 4.35. The summed E-state index contributed by atoms with van der Waals surface area (Å²) in [6.45, 7) is 3.09. The second-order valence-corrected chi connectivity index (χ2v) is 5.89. The third-order valence-electron chi connectivity index (χ3n) is 4.35. The van der Waals surface area contributed by atoms with Gasteiger partial charge < -0.3 is 25.3 Å². The Morgan fingerprint density at radius 3 is 2.56 bits per heavy atom. The minimum absolute atomic E-state index is 0. The maximum Gasteiger partial charge on any atom is 0.343 e. The van der Waals surface area contributed by atoms with E-state index in [4.69, 9.17) is 15.2 Å². The van der Waals surface area contributed by atoms with Crippen LogP contribution in [0.1, 0.15) is 18.4 Å². The van der Waals surface area contributed by atoms with E-state index < -0.39 is 11.4 Å². The summed E-state index contributed by atoms with van der Waals surface area (Å²) in [6, 6.07) is 5.21. The quantitative estimate of drug-likeness (QED) is 0.737. The van der Waals surface area contributed by atoms with Crippen LogP contribution in [0.3, 0.4) is 0 Å². The molecule has 1 fully saturated rings. The zero-order valence-corrected chi connectivity index (χ0v) is 15.3. The van der Waals surface area contributed by atoms with E-state index in [9.17, 15) is 9.59 Å². The number of nitrogens with one attached hydrogen (secondary N) is 1. The van der Waals surface area contributed by atoms with Gasteiger partial charge in [0.2, 0.25) is 5.91 Å². The number of rotatable bonds is 6. The maximum absolute atomic E-state index is 12.7. The van der Waals surface area contributed by atoms with Gasteiger partial charge in [0.05, 0.1) is 12.5 Å². The zero-order chi connectivity index (χ0) is 17.6. The largest absolute Gasteiger partial charge is 0.482 e. The number of hydrogen-bond acceptors (Lipinski definition) is 6. The fourth-order valence-corrected chi connectivity index (χ4v) is 2.61. The van der Waals surface area contributed by atoms with Gasteiger partial charge in [-0.2, -0.15) is 0 Å². The Balaban J connectivity index is 0.00000312. The van der Waals surface area contributed by atoms with Crippen LogP contribution < -0.4 is 15.8 Å². The first kappa shape index (κ1) is 21.2. The normalized spacial score (nSPS) is 15.6. The molecule has 0 aliphatic carbocycles. The van der Waals surface area contributed by atoms with Crippen molar-refractivity contribution in [2.24, 2.45) is 11.1 Å². The lowest BCUT2D eigenvalue weighted by Crippen LogP contribution is -2.46. The monoisotopic (exact) mass is 372 g/mol. The number of ether oxygens (including phenoxy) is 3. The molecule has 1 saturated heterocycles. The zero-order valence-electron chi connectivity index (χ0n) is 14.5. The number of amides is 1. The number of methoxy groups -OCH3 is 1. The van der Waals surface area contributed by atoms with Gasteiger partial charge in [0, 0.05) is 25.4 Å². The average molecular weight is 373 g/mol. The highest BCUT2D eigenvalue weighted by Gasteiger charge is 2.38. The van der Waals surface area contributed by atoms with Crippen LogP contribution in [-0.2, 0) is 19.1 Å². The van der Waals surface area contributed by atoms with Crippen LogP contribution in [0.2, 0.25) is 0 Å². The van der Waals surface area contributed by atoms with Crippen molar-refractivity contribution in [1.29, 1.82) is 0 Å². The number of hydrogen-bond donors (Lipinski definition) is 2. The van der Waals surface area contributed by atoms with Gasteiger partial charge in [-0.3, -0.25) is 4.79 Å². The summed E-state index contributed by atoms with van der Waals surface area (Å²) in [4.78, 5) is 23.8. The topological polar surface area (TPSA) is 99.9 Å². The molecule has 0 atom stereocenters. The number of nitrogens with two attached hydrogens (primary N) is 1. The van der Waals surface area contributed by atoms with Crippen molar-refractivity contribution in [3.63, 3.8) is 0 Å². The maximum atomic E-state index is 12.7. The molecule has 0 unspecified atom stereocenters. The number of esters is 1. The van der Waals surface area contributed by atoms with E-state index in [0.717, 1.165) is 5.56 Å². The predicted octanol–water partition coefficient (Wildman–Crippen LogP) is 1.66. The van der Waals surface area contributed by atoms with Gasteiger partial charge in [-0.1, -0.05) is 0 Å². The molecule has 0 spiro atoms. The van der Waals surface area contributed by atoms with Crippen LogP contribution >= 0.6 is 12.4 Å². The van der Waals surface area contributed by atoms with Crippen molar-refractivity contribution in [3.8, 4) is 5.75 Å². The summed E-state index contributed by atoms with van der Waals surface area (Å²) in [7, 11) is 1.30. The molecule has 7 nitrogen and oxygen atoms in total. The molecule has 0 bridgehead atoms. The molecule has 2 rings (SSSR count). The second-order valence-electron chi connectivity index (χ2n) is 5.89. The average Bonchev–Trinajstić information content (AvgIpc) is 2.62. The molecule has 1 aliphatic heterocycles. The smallest absolute Gasteiger partial charge is 0.343 e. The number of benzene rings is 1. The van der Waals surface area contributed by atoms with E-state index in [1.807, 2.05) is 6.92 Å². The van der Waals surface area contributed by atoms with E-state index in [2.05, 4.69) is 10.1 Å². The minimum Gasteiger partial charge on any atom is -0.482 e. The summed E-state index contributed by atoms with van der Waals surface area (Å²) in [5, 5.41) is 2.95. The summed E-state index contributed by atoms with van der Waals surface area (Å²) in [5.74, 6) is 0.00423. The number of carbonyl (C=O) groups is 2. The molecule has 140 valence electrons. The lowest BCUT2D eigenvalue weighted by molar-refractivity contribution is -0.142. The Labute approximate surface area is 153 Å². The molecule has 1 aromatic rings. The Morgan fingerprint density at radius 2 is 2.00 bits per heavy atom. The number of carbonyl (C=O) groups excluding carboxylic acids is 2. The van der Waals surface area contributed by atoms with Crippen molar-refractivity contribution < 1.29 is 23.8 Å². The number of halogens is 1. The first-order chi connectivity index (χ1) is 11.5. The van der Waals surface area contributed by atoms with E-state index in [0.29, 0.717) is 44.0 Å². The first-order valence-electron chi connectivity index (χ1n) is 7.90. The molecule has 0 aromatic heterocycles. The molecular formula is C17H25ClN2O5. The van der Waals surface area contributed by atoms with Gasteiger partial charge >= 0.3 is 5.97 Å². The van der Waals surface area contributed by atoms with E-state index >= 15 is 0 Å². The highest BCUT2D eigenvalue weighted by Crippen LogP contribution is 2.32. The van der Waals surface area contributed by atoms with Crippen molar-refractivity contribution in [1.82, 2.24) is 0 Å². The molecule has 8 heteroatoms. The van der Waals surface area contributed by atoms with Crippen LogP contribution in [0.4, 0.5) is 5.69 Å². The predicted molar refractivity (Wildman–Crippen MR) is 96.1 cm³/mol. The van der Waals surface area contributed by atoms with Crippen molar-refractivity contribution >= 4 is 30.0 Å². The molecule has 25 heavy (non-hydrogen) atoms. The Hall–Kier alpha value is -1.83. The third kappa shape index (κ3) is 5.32. The fraction of sp³-hybridized carbons (Fsp3) is 0.529. The molecule has 1 aliphatic rings. The van der Waals surface area contributed by atoms with Gasteiger partial charge in [0.15, 0.2) is 6.61 Å². The Morgan fingerprint density at radius 1 is 1.32 bits per heavy atom. The lowest BCUT2D eigenvalue weighted by atomic mass is 9.79. The second kappa shape index (κ2) is 9.60. The van der Waals surface area contributed by atoms with Gasteiger partial charge in [0.1, 0.15) is 5.75 Å². The molecule has 1 amide bonds. The van der Waals surface area contributed by atoms with Gasteiger partial charge in [-0.15, -0.1) is 12.4 Å². The number of aryl methyl sites for hydroxylation is 1. The Bertz CT molecular complexity index is 603. The van der Waals surface area contributed by atoms with Gasteiger partial charge in [-0.25, -0.2) is 4.79 Å². The van der Waals surface area contributed by atoms with Crippen molar-refractivity contribution in [2.75, 3.05) is 38.8 Å². The fourth-order valence-electron chi connectivity index (χ4n) is 2.61. The highest BCUT2D eigenvalue weighted by atomic mass is 35.5. The summed E-state index contributed by atoms with van der Waals surface area (Å²) < 4.78 is 15.2. The molecule has 0 saturated carbocycles. The van der Waals surface area contributed by atoms with Gasteiger partial charge in [0.25, 0.3) is 0 Å². The van der Waals surface area contributed by atoms with E-state index in [1.165, 1.54) is 7.11 Å². The first-order valence-corrected chi connectivity index (χ1v) is 7.90. The van der Waals surface area contributed by atoms with Crippen LogP contribution in [0.15, 0.2) is 18.2 Å². The minimum atomic E-state index is -0.579. The SMILES string of the molecule is COC(=O)COc1ccc(NC(=O)C2(CN)CCOCC2)c(C)c1.Cl. The molecule has 1 aromatic carbocycles.